The van der Waals surface area contributed by atoms with Crippen molar-refractivity contribution in [2.45, 2.75) is 31.2 Å². The van der Waals surface area contributed by atoms with Gasteiger partial charge < -0.3 is 14.5 Å². The van der Waals surface area contributed by atoms with E-state index < -0.39 is 10.0 Å². The van der Waals surface area contributed by atoms with Crippen molar-refractivity contribution in [3.8, 4) is 23.3 Å². The number of sulfonamides is 1. The molecule has 1 saturated heterocycles. The summed E-state index contributed by atoms with van der Waals surface area (Å²) in [6.07, 6.45) is 1.92. The molecule has 1 aromatic heterocycles. The molecular formula is C24H26N4O4S. The van der Waals surface area contributed by atoms with Crippen LogP contribution in [-0.4, -0.2) is 37.9 Å². The van der Waals surface area contributed by atoms with Crippen molar-refractivity contribution >= 4 is 15.9 Å². The number of nitrogens with one attached hydrogen (secondary N) is 1. The second-order valence-electron chi connectivity index (χ2n) is 8.15. The molecule has 1 fully saturated rings. The third-order valence-electron chi connectivity index (χ3n) is 5.70. The van der Waals surface area contributed by atoms with E-state index in [-0.39, 0.29) is 22.4 Å². The fraction of sp³-hybridized carbons (Fsp3) is 0.333. The van der Waals surface area contributed by atoms with Gasteiger partial charge in [-0.15, -0.1) is 0 Å². The first kappa shape index (κ1) is 22.8. The Labute approximate surface area is 193 Å². The quantitative estimate of drug-likeness (QED) is 0.554. The van der Waals surface area contributed by atoms with Crippen LogP contribution in [0.15, 0.2) is 57.8 Å². The van der Waals surface area contributed by atoms with Crippen LogP contribution in [0.5, 0.6) is 5.75 Å². The second-order valence-corrected chi connectivity index (χ2v) is 10.1. The van der Waals surface area contributed by atoms with Gasteiger partial charge in [0.2, 0.25) is 27.5 Å². The topological polar surface area (TPSA) is 108 Å². The van der Waals surface area contributed by atoms with E-state index >= 15 is 0 Å². The summed E-state index contributed by atoms with van der Waals surface area (Å²) in [4.78, 5) is 4.50. The number of nitriles is 1. The van der Waals surface area contributed by atoms with E-state index in [1.807, 2.05) is 30.3 Å². The Morgan fingerprint density at radius 1 is 1.21 bits per heavy atom. The maximum atomic E-state index is 13.0. The molecule has 0 radical (unpaired) electrons. The summed E-state index contributed by atoms with van der Waals surface area (Å²) in [6, 6.07) is 16.0. The van der Waals surface area contributed by atoms with Crippen molar-refractivity contribution in [1.29, 1.82) is 5.26 Å². The molecule has 0 spiro atoms. The van der Waals surface area contributed by atoms with Crippen LogP contribution in [0.2, 0.25) is 0 Å². The third kappa shape index (κ3) is 5.02. The number of hydrogen-bond donors (Lipinski definition) is 1. The molecule has 1 N–H and O–H groups in total. The molecule has 8 nitrogen and oxygen atoms in total. The molecule has 2 heterocycles. The van der Waals surface area contributed by atoms with Crippen LogP contribution in [0.4, 0.5) is 5.88 Å². The van der Waals surface area contributed by atoms with Crippen molar-refractivity contribution in [2.75, 3.05) is 25.5 Å². The second kappa shape index (κ2) is 9.65. The normalized spacial score (nSPS) is 16.8. The summed E-state index contributed by atoms with van der Waals surface area (Å²) >= 11 is 0. The number of aromatic nitrogens is 1. The lowest BCUT2D eigenvalue weighted by Crippen LogP contribution is -2.39. The van der Waals surface area contributed by atoms with E-state index in [9.17, 15) is 13.7 Å². The molecule has 33 heavy (non-hydrogen) atoms. The van der Waals surface area contributed by atoms with Crippen LogP contribution in [-0.2, 0) is 16.6 Å². The molecule has 172 valence electrons. The Bertz CT molecular complexity index is 1250. The fourth-order valence-corrected chi connectivity index (χ4v) is 5.45. The van der Waals surface area contributed by atoms with Gasteiger partial charge in [0.05, 0.1) is 12.0 Å². The first-order valence-corrected chi connectivity index (χ1v) is 12.2. The number of ether oxygens (including phenoxy) is 1. The van der Waals surface area contributed by atoms with Crippen LogP contribution in [0.3, 0.4) is 0 Å². The number of rotatable bonds is 7. The van der Waals surface area contributed by atoms with Gasteiger partial charge in [0.25, 0.3) is 0 Å². The van der Waals surface area contributed by atoms with Gasteiger partial charge in [-0.25, -0.2) is 8.42 Å². The molecule has 1 aliphatic heterocycles. The Hall–Kier alpha value is -3.35. The molecule has 2 aromatic carbocycles. The average molecular weight is 467 g/mol. The van der Waals surface area contributed by atoms with Gasteiger partial charge in [-0.2, -0.15) is 14.6 Å². The van der Waals surface area contributed by atoms with E-state index in [4.69, 9.17) is 9.15 Å². The Morgan fingerprint density at radius 2 is 1.94 bits per heavy atom. The molecule has 3 aromatic rings. The minimum Gasteiger partial charge on any atom is -0.497 e. The minimum absolute atomic E-state index is 0.137. The lowest BCUT2D eigenvalue weighted by molar-refractivity contribution is 0.281. The summed E-state index contributed by atoms with van der Waals surface area (Å²) in [5.41, 5.74) is 1.71. The number of methoxy groups -OCH3 is 1. The first-order chi connectivity index (χ1) is 15.9. The molecule has 9 heteroatoms. The molecule has 0 unspecified atom stereocenters. The number of piperidine rings is 1. The lowest BCUT2D eigenvalue weighted by atomic mass is 10.0. The Balaban J connectivity index is 1.50. The highest BCUT2D eigenvalue weighted by molar-refractivity contribution is 7.89. The standard InChI is InChI=1S/C24H26N4O4S/c1-17-4-3-13-28(16-17)33(29,30)21-11-7-19(8-12-21)23-27-22(14-25)24(32-23)26-15-18-5-9-20(31-2)10-6-18/h5-12,17,26H,3-4,13,15-16H2,1-2H3/t17-/m1/s1. The van der Waals surface area contributed by atoms with Crippen LogP contribution in [0.1, 0.15) is 31.0 Å². The summed E-state index contributed by atoms with van der Waals surface area (Å²) in [7, 11) is -1.93. The molecule has 4 rings (SSSR count). The number of oxazole rings is 1. The molecular weight excluding hydrogens is 440 g/mol. The van der Waals surface area contributed by atoms with E-state index in [1.54, 1.807) is 35.7 Å². The Morgan fingerprint density at radius 3 is 2.58 bits per heavy atom. The van der Waals surface area contributed by atoms with Gasteiger partial charge in [-0.3, -0.25) is 0 Å². The number of hydrogen-bond acceptors (Lipinski definition) is 7. The highest BCUT2D eigenvalue weighted by atomic mass is 32.2. The van der Waals surface area contributed by atoms with Crippen molar-refractivity contribution < 1.29 is 17.6 Å². The largest absolute Gasteiger partial charge is 0.497 e. The molecule has 0 aliphatic carbocycles. The molecule has 1 aliphatic rings. The van der Waals surface area contributed by atoms with Crippen molar-refractivity contribution in [1.82, 2.24) is 9.29 Å². The SMILES string of the molecule is COc1ccc(CNc2oc(-c3ccc(S(=O)(=O)N4CCC[C@@H](C)C4)cc3)nc2C#N)cc1. The van der Waals surface area contributed by atoms with E-state index in [1.165, 1.54) is 0 Å². The predicted octanol–water partition coefficient (Wildman–Crippen LogP) is 4.25. The van der Waals surface area contributed by atoms with Crippen molar-refractivity contribution in [2.24, 2.45) is 5.92 Å². The zero-order chi connectivity index (χ0) is 23.4. The molecule has 0 saturated carbocycles. The summed E-state index contributed by atoms with van der Waals surface area (Å²) in [6.45, 7) is 3.60. The first-order valence-electron chi connectivity index (χ1n) is 10.8. The summed E-state index contributed by atoms with van der Waals surface area (Å²) in [5.74, 6) is 1.63. The maximum absolute atomic E-state index is 13.0. The van der Waals surface area contributed by atoms with Crippen LogP contribution < -0.4 is 10.1 Å². The number of anilines is 1. The van der Waals surface area contributed by atoms with Crippen LogP contribution in [0.25, 0.3) is 11.5 Å². The smallest absolute Gasteiger partial charge is 0.243 e. The fourth-order valence-electron chi connectivity index (χ4n) is 3.85. The lowest BCUT2D eigenvalue weighted by Gasteiger charge is -2.30. The zero-order valence-corrected chi connectivity index (χ0v) is 19.4. The summed E-state index contributed by atoms with van der Waals surface area (Å²) < 4.78 is 38.4. The van der Waals surface area contributed by atoms with Crippen molar-refractivity contribution in [3.63, 3.8) is 0 Å². The van der Waals surface area contributed by atoms with Gasteiger partial charge in [0.15, 0.2) is 0 Å². The van der Waals surface area contributed by atoms with E-state index in [0.29, 0.717) is 31.1 Å². The monoisotopic (exact) mass is 466 g/mol. The van der Waals surface area contributed by atoms with Crippen molar-refractivity contribution in [3.05, 3.63) is 59.8 Å². The summed E-state index contributed by atoms with van der Waals surface area (Å²) in [5, 5.41) is 12.5. The van der Waals surface area contributed by atoms with Gasteiger partial charge in [-0.1, -0.05) is 19.1 Å². The van der Waals surface area contributed by atoms with Gasteiger partial charge in [0.1, 0.15) is 11.8 Å². The maximum Gasteiger partial charge on any atom is 0.243 e. The van der Waals surface area contributed by atoms with E-state index in [0.717, 1.165) is 24.2 Å². The van der Waals surface area contributed by atoms with Gasteiger partial charge >= 0.3 is 0 Å². The molecule has 0 amide bonds. The third-order valence-corrected chi connectivity index (χ3v) is 7.58. The van der Waals surface area contributed by atoms with Gasteiger partial charge in [0, 0.05) is 25.2 Å². The van der Waals surface area contributed by atoms with Gasteiger partial charge in [-0.05, 0) is 60.7 Å². The minimum atomic E-state index is -3.54. The zero-order valence-electron chi connectivity index (χ0n) is 18.6. The van der Waals surface area contributed by atoms with Crippen LogP contribution >= 0.6 is 0 Å². The number of nitrogens with zero attached hydrogens (tertiary/aromatic N) is 3. The highest BCUT2D eigenvalue weighted by Crippen LogP contribution is 2.28. The number of benzene rings is 2. The highest BCUT2D eigenvalue weighted by Gasteiger charge is 2.28. The Kier molecular flexibility index (Phi) is 6.67. The average Bonchev–Trinajstić information content (AvgIpc) is 3.26. The van der Waals surface area contributed by atoms with Crippen LogP contribution in [0, 0.1) is 17.2 Å². The molecule has 1 atom stereocenters. The van der Waals surface area contributed by atoms with E-state index in [2.05, 4.69) is 17.2 Å². The predicted molar refractivity (Wildman–Crippen MR) is 124 cm³/mol. The molecule has 0 bridgehead atoms.